The molecular formula is C20H28ClN3O3. The molecule has 0 aliphatic carbocycles. The van der Waals surface area contributed by atoms with Crippen LogP contribution in [0, 0.1) is 11.8 Å². The molecule has 0 spiro atoms. The largest absolute Gasteiger partial charge is 0.354 e. The predicted molar refractivity (Wildman–Crippen MR) is 106 cm³/mol. The molecule has 2 N–H and O–H groups in total. The zero-order valence-corrected chi connectivity index (χ0v) is 16.7. The summed E-state index contributed by atoms with van der Waals surface area (Å²) >= 11 is 0. The van der Waals surface area contributed by atoms with Crippen molar-refractivity contribution in [3.05, 3.63) is 35.4 Å². The molecule has 7 heteroatoms. The van der Waals surface area contributed by atoms with E-state index >= 15 is 0 Å². The highest BCUT2D eigenvalue weighted by Crippen LogP contribution is 2.27. The molecule has 2 aliphatic rings. The van der Waals surface area contributed by atoms with Crippen molar-refractivity contribution < 1.29 is 14.4 Å². The maximum atomic E-state index is 12.8. The van der Waals surface area contributed by atoms with Crippen LogP contribution >= 0.6 is 12.4 Å². The second-order valence-electron chi connectivity index (χ2n) is 7.51. The molecule has 1 aromatic carbocycles. The average Bonchev–Trinajstić information content (AvgIpc) is 2.88. The van der Waals surface area contributed by atoms with Crippen molar-refractivity contribution >= 4 is 30.1 Å². The molecule has 0 radical (unpaired) electrons. The molecule has 3 amide bonds. The first-order valence-electron chi connectivity index (χ1n) is 9.46. The number of benzene rings is 1. The highest BCUT2D eigenvalue weighted by atomic mass is 35.5. The van der Waals surface area contributed by atoms with E-state index in [0.717, 1.165) is 24.4 Å². The Balaban J connectivity index is 0.00000261. The molecule has 0 saturated carbocycles. The smallest absolute Gasteiger partial charge is 0.262 e. The third-order valence-electron chi connectivity index (χ3n) is 5.25. The lowest BCUT2D eigenvalue weighted by Gasteiger charge is -2.29. The van der Waals surface area contributed by atoms with Gasteiger partial charge in [-0.05, 0) is 56.3 Å². The number of piperidine rings is 1. The van der Waals surface area contributed by atoms with Gasteiger partial charge in [0.2, 0.25) is 5.91 Å². The first kappa shape index (κ1) is 21.4. The summed E-state index contributed by atoms with van der Waals surface area (Å²) < 4.78 is 0. The molecule has 1 aromatic rings. The summed E-state index contributed by atoms with van der Waals surface area (Å²) in [5, 5.41) is 6.31. The van der Waals surface area contributed by atoms with Crippen LogP contribution in [0.15, 0.2) is 24.3 Å². The van der Waals surface area contributed by atoms with E-state index in [9.17, 15) is 14.4 Å². The Morgan fingerprint density at radius 3 is 2.37 bits per heavy atom. The number of nitrogens with zero attached hydrogens (tertiary/aromatic N) is 1. The molecule has 27 heavy (non-hydrogen) atoms. The van der Waals surface area contributed by atoms with Crippen molar-refractivity contribution in [1.29, 1.82) is 0 Å². The van der Waals surface area contributed by atoms with Crippen molar-refractivity contribution in [2.24, 2.45) is 11.8 Å². The maximum absolute atomic E-state index is 12.8. The zero-order chi connectivity index (χ0) is 18.7. The lowest BCUT2D eigenvalue weighted by molar-refractivity contribution is -0.126. The number of nitrogens with one attached hydrogen (secondary N) is 2. The number of carbonyl (C=O) groups is 3. The van der Waals surface area contributed by atoms with Crippen LogP contribution in [0.2, 0.25) is 0 Å². The molecule has 2 unspecified atom stereocenters. The molecule has 2 aliphatic heterocycles. The van der Waals surface area contributed by atoms with Crippen LogP contribution in [0.5, 0.6) is 0 Å². The van der Waals surface area contributed by atoms with Crippen molar-refractivity contribution in [2.75, 3.05) is 19.6 Å². The van der Waals surface area contributed by atoms with Gasteiger partial charge in [0.1, 0.15) is 6.04 Å². The number of fused-ring (bicyclic) bond motifs is 1. The van der Waals surface area contributed by atoms with Crippen LogP contribution in [-0.2, 0) is 4.79 Å². The quantitative estimate of drug-likeness (QED) is 0.726. The van der Waals surface area contributed by atoms with Gasteiger partial charge < -0.3 is 10.6 Å². The van der Waals surface area contributed by atoms with E-state index in [1.807, 2.05) is 13.8 Å². The van der Waals surface area contributed by atoms with Gasteiger partial charge >= 0.3 is 0 Å². The minimum atomic E-state index is -0.785. The molecule has 2 heterocycles. The Morgan fingerprint density at radius 2 is 1.85 bits per heavy atom. The Labute approximate surface area is 166 Å². The number of imide groups is 1. The van der Waals surface area contributed by atoms with Crippen LogP contribution in [0.25, 0.3) is 0 Å². The molecule has 1 saturated heterocycles. The minimum absolute atomic E-state index is 0. The van der Waals surface area contributed by atoms with E-state index in [0.29, 0.717) is 23.6 Å². The van der Waals surface area contributed by atoms with Gasteiger partial charge in [-0.25, -0.2) is 0 Å². The molecule has 1 fully saturated rings. The van der Waals surface area contributed by atoms with Gasteiger partial charge in [-0.15, -0.1) is 12.4 Å². The third-order valence-corrected chi connectivity index (χ3v) is 5.25. The molecule has 0 bridgehead atoms. The third kappa shape index (κ3) is 4.50. The van der Waals surface area contributed by atoms with Crippen molar-refractivity contribution in [1.82, 2.24) is 15.5 Å². The highest BCUT2D eigenvalue weighted by molar-refractivity contribution is 6.22. The van der Waals surface area contributed by atoms with Gasteiger partial charge in [-0.3, -0.25) is 19.3 Å². The first-order valence-corrected chi connectivity index (χ1v) is 9.46. The summed E-state index contributed by atoms with van der Waals surface area (Å²) in [7, 11) is 0. The summed E-state index contributed by atoms with van der Waals surface area (Å²) in [5.41, 5.74) is 0.758. The summed E-state index contributed by atoms with van der Waals surface area (Å²) in [6.07, 6.45) is 3.25. The van der Waals surface area contributed by atoms with E-state index in [2.05, 4.69) is 10.6 Å². The molecule has 148 valence electrons. The van der Waals surface area contributed by atoms with Gasteiger partial charge in [-0.2, -0.15) is 0 Å². The Morgan fingerprint density at radius 1 is 1.22 bits per heavy atom. The molecule has 2 atom stereocenters. The topological polar surface area (TPSA) is 78.5 Å². The minimum Gasteiger partial charge on any atom is -0.354 e. The number of carbonyl (C=O) groups excluding carboxylic acids is 3. The lowest BCUT2D eigenvalue weighted by atomic mass is 9.96. The SMILES string of the molecule is CC(C)C(C(=O)NCCC1CCCNC1)N1C(=O)c2ccccc2C1=O.Cl. The predicted octanol–water partition coefficient (Wildman–Crippen LogP) is 2.23. The Kier molecular flexibility index (Phi) is 7.39. The Bertz CT molecular complexity index is 666. The van der Waals surface area contributed by atoms with Gasteiger partial charge in [0.05, 0.1) is 11.1 Å². The fraction of sp³-hybridized carbons (Fsp3) is 0.550. The molecule has 6 nitrogen and oxygen atoms in total. The van der Waals surface area contributed by atoms with Crippen LogP contribution in [0.1, 0.15) is 53.8 Å². The van der Waals surface area contributed by atoms with E-state index in [4.69, 9.17) is 0 Å². The average molecular weight is 394 g/mol. The maximum Gasteiger partial charge on any atom is 0.262 e. The number of amides is 3. The van der Waals surface area contributed by atoms with Crippen LogP contribution < -0.4 is 10.6 Å². The van der Waals surface area contributed by atoms with Crippen molar-refractivity contribution in [3.63, 3.8) is 0 Å². The van der Waals surface area contributed by atoms with E-state index in [1.165, 1.54) is 12.8 Å². The number of halogens is 1. The summed E-state index contributed by atoms with van der Waals surface area (Å²) in [6, 6.07) is 5.96. The highest BCUT2D eigenvalue weighted by Gasteiger charge is 2.43. The van der Waals surface area contributed by atoms with Crippen LogP contribution in [-0.4, -0.2) is 48.3 Å². The van der Waals surface area contributed by atoms with Gasteiger partial charge in [0.15, 0.2) is 0 Å². The Hall–Kier alpha value is -1.92. The molecule has 0 aromatic heterocycles. The first-order chi connectivity index (χ1) is 12.5. The summed E-state index contributed by atoms with van der Waals surface area (Å²) in [6.45, 7) is 6.34. The fourth-order valence-corrected chi connectivity index (χ4v) is 3.85. The van der Waals surface area contributed by atoms with E-state index < -0.39 is 6.04 Å². The number of hydrogen-bond donors (Lipinski definition) is 2. The van der Waals surface area contributed by atoms with Gasteiger partial charge in [0, 0.05) is 6.54 Å². The van der Waals surface area contributed by atoms with E-state index in [-0.39, 0.29) is 36.0 Å². The number of hydrogen-bond acceptors (Lipinski definition) is 4. The van der Waals surface area contributed by atoms with E-state index in [1.54, 1.807) is 24.3 Å². The van der Waals surface area contributed by atoms with Crippen molar-refractivity contribution in [2.45, 2.75) is 39.2 Å². The molecule has 3 rings (SSSR count). The van der Waals surface area contributed by atoms with Crippen LogP contribution in [0.3, 0.4) is 0 Å². The standard InChI is InChI=1S/C20H27N3O3.ClH/c1-13(2)17(18(24)22-11-9-14-6-5-10-21-12-14)23-19(25)15-7-3-4-8-16(15)20(23)26;/h3-4,7-8,13-14,17,21H,5-6,9-12H2,1-2H3,(H,22,24);1H. The zero-order valence-electron chi connectivity index (χ0n) is 15.9. The van der Waals surface area contributed by atoms with Gasteiger partial charge in [0.25, 0.3) is 11.8 Å². The second-order valence-corrected chi connectivity index (χ2v) is 7.51. The monoisotopic (exact) mass is 393 g/mol. The second kappa shape index (κ2) is 9.33. The normalized spacial score (nSPS) is 20.3. The lowest BCUT2D eigenvalue weighted by Crippen LogP contribution is -2.52. The van der Waals surface area contributed by atoms with Crippen molar-refractivity contribution in [3.8, 4) is 0 Å². The van der Waals surface area contributed by atoms with Gasteiger partial charge in [-0.1, -0.05) is 26.0 Å². The number of rotatable bonds is 6. The molecular weight excluding hydrogens is 366 g/mol. The summed E-state index contributed by atoms with van der Waals surface area (Å²) in [5.74, 6) is -0.598. The fourth-order valence-electron chi connectivity index (χ4n) is 3.85. The van der Waals surface area contributed by atoms with Crippen LogP contribution in [0.4, 0.5) is 0 Å². The summed E-state index contributed by atoms with van der Waals surface area (Å²) in [4.78, 5) is 39.3.